The van der Waals surface area contributed by atoms with Crippen LogP contribution in [0, 0.1) is 0 Å². The van der Waals surface area contributed by atoms with Crippen LogP contribution in [-0.4, -0.2) is 31.7 Å². The highest BCUT2D eigenvalue weighted by Crippen LogP contribution is 2.19. The predicted molar refractivity (Wildman–Crippen MR) is 57.2 cm³/mol. The van der Waals surface area contributed by atoms with Gasteiger partial charge in [0.05, 0.1) is 11.1 Å². The first-order valence-electron chi connectivity index (χ1n) is 4.23. The zero-order chi connectivity index (χ0) is 11.7. The maximum atomic E-state index is 10.8. The molecule has 0 saturated heterocycles. The standard InChI is InChI=1S/C9H6ClN3O3/c10-8(13-16)7-5-3-4(9(14)15)1-2-6(5)11-12-7/h1-3,16H,(H,11,12)(H,14,15)/b13-8-. The zero-order valence-corrected chi connectivity index (χ0v) is 8.56. The lowest BCUT2D eigenvalue weighted by Crippen LogP contribution is -1.96. The molecule has 0 atom stereocenters. The normalized spacial score (nSPS) is 11.9. The number of H-pyrrole nitrogens is 1. The fraction of sp³-hybridized carbons (Fsp3) is 0. The van der Waals surface area contributed by atoms with Gasteiger partial charge in [-0.25, -0.2) is 4.79 Å². The molecule has 1 heterocycles. The first-order chi connectivity index (χ1) is 7.63. The fourth-order valence-corrected chi connectivity index (χ4v) is 1.50. The van der Waals surface area contributed by atoms with Crippen LogP contribution in [0.4, 0.5) is 0 Å². The molecule has 0 aliphatic heterocycles. The van der Waals surface area contributed by atoms with Crippen LogP contribution in [0.3, 0.4) is 0 Å². The number of hydrogen-bond acceptors (Lipinski definition) is 4. The molecule has 2 rings (SSSR count). The van der Waals surface area contributed by atoms with Crippen molar-refractivity contribution in [3.63, 3.8) is 0 Å². The number of hydrogen-bond donors (Lipinski definition) is 3. The van der Waals surface area contributed by atoms with E-state index in [0.29, 0.717) is 10.9 Å². The Morgan fingerprint density at radius 2 is 2.25 bits per heavy atom. The number of aromatic amines is 1. The van der Waals surface area contributed by atoms with Crippen molar-refractivity contribution in [3.05, 3.63) is 29.5 Å². The Morgan fingerprint density at radius 3 is 2.88 bits per heavy atom. The summed E-state index contributed by atoms with van der Waals surface area (Å²) >= 11 is 5.61. The Labute approximate surface area is 94.1 Å². The van der Waals surface area contributed by atoms with Gasteiger partial charge in [-0.2, -0.15) is 5.10 Å². The molecule has 0 saturated carbocycles. The molecule has 16 heavy (non-hydrogen) atoms. The fourth-order valence-electron chi connectivity index (χ4n) is 1.35. The minimum Gasteiger partial charge on any atom is -0.478 e. The van der Waals surface area contributed by atoms with Crippen LogP contribution in [0.5, 0.6) is 0 Å². The number of rotatable bonds is 2. The van der Waals surface area contributed by atoms with Crippen molar-refractivity contribution in [2.45, 2.75) is 0 Å². The lowest BCUT2D eigenvalue weighted by Gasteiger charge is -1.95. The van der Waals surface area contributed by atoms with E-state index in [1.165, 1.54) is 12.1 Å². The molecule has 0 bridgehead atoms. The third-order valence-corrected chi connectivity index (χ3v) is 2.35. The SMILES string of the molecule is O=C(O)c1ccc2[nH]nc(/C(Cl)=N/O)c2c1. The lowest BCUT2D eigenvalue weighted by atomic mass is 10.1. The highest BCUT2D eigenvalue weighted by atomic mass is 35.5. The van der Waals surface area contributed by atoms with E-state index >= 15 is 0 Å². The molecular formula is C9H6ClN3O3. The van der Waals surface area contributed by atoms with Crippen LogP contribution in [-0.2, 0) is 0 Å². The maximum absolute atomic E-state index is 10.8. The van der Waals surface area contributed by atoms with Gasteiger partial charge in [0.1, 0.15) is 5.69 Å². The van der Waals surface area contributed by atoms with Crippen molar-refractivity contribution in [1.29, 1.82) is 0 Å². The largest absolute Gasteiger partial charge is 0.478 e. The molecule has 1 aromatic carbocycles. The average Bonchev–Trinajstić information content (AvgIpc) is 2.70. The van der Waals surface area contributed by atoms with E-state index in [2.05, 4.69) is 15.4 Å². The van der Waals surface area contributed by atoms with Gasteiger partial charge in [0, 0.05) is 5.39 Å². The summed E-state index contributed by atoms with van der Waals surface area (Å²) in [5.41, 5.74) is 0.932. The van der Waals surface area contributed by atoms with Gasteiger partial charge >= 0.3 is 5.97 Å². The Balaban J connectivity index is 2.69. The van der Waals surface area contributed by atoms with E-state index in [1.807, 2.05) is 0 Å². The maximum Gasteiger partial charge on any atom is 0.335 e. The number of aromatic carboxylic acids is 1. The van der Waals surface area contributed by atoms with E-state index in [-0.39, 0.29) is 16.4 Å². The monoisotopic (exact) mass is 239 g/mol. The van der Waals surface area contributed by atoms with E-state index in [4.69, 9.17) is 21.9 Å². The van der Waals surface area contributed by atoms with Crippen molar-refractivity contribution < 1.29 is 15.1 Å². The van der Waals surface area contributed by atoms with Crippen LogP contribution < -0.4 is 0 Å². The van der Waals surface area contributed by atoms with Crippen LogP contribution in [0.25, 0.3) is 10.9 Å². The molecule has 0 amide bonds. The van der Waals surface area contributed by atoms with Crippen molar-refractivity contribution in [1.82, 2.24) is 10.2 Å². The second kappa shape index (κ2) is 3.82. The number of carboxylic acids is 1. The van der Waals surface area contributed by atoms with Crippen molar-refractivity contribution >= 4 is 33.6 Å². The van der Waals surface area contributed by atoms with E-state index in [9.17, 15) is 4.79 Å². The highest BCUT2D eigenvalue weighted by Gasteiger charge is 2.13. The minimum absolute atomic E-state index is 0.109. The molecule has 82 valence electrons. The summed E-state index contributed by atoms with van der Waals surface area (Å²) < 4.78 is 0. The molecule has 0 aliphatic rings. The number of nitrogens with one attached hydrogen (secondary N) is 1. The van der Waals surface area contributed by atoms with Crippen molar-refractivity contribution in [2.24, 2.45) is 5.16 Å². The molecule has 2 aromatic rings. The second-order valence-corrected chi connectivity index (χ2v) is 3.39. The third kappa shape index (κ3) is 1.59. The number of nitrogens with zero attached hydrogens (tertiary/aromatic N) is 2. The van der Waals surface area contributed by atoms with Crippen LogP contribution in [0.1, 0.15) is 16.1 Å². The Kier molecular flexibility index (Phi) is 2.49. The first-order valence-corrected chi connectivity index (χ1v) is 4.60. The van der Waals surface area contributed by atoms with Crippen molar-refractivity contribution in [2.75, 3.05) is 0 Å². The summed E-state index contributed by atoms with van der Waals surface area (Å²) in [5.74, 6) is -1.05. The number of benzene rings is 1. The lowest BCUT2D eigenvalue weighted by molar-refractivity contribution is 0.0697. The van der Waals surface area contributed by atoms with E-state index in [1.54, 1.807) is 6.07 Å². The minimum atomic E-state index is -1.05. The van der Waals surface area contributed by atoms with Crippen LogP contribution >= 0.6 is 11.6 Å². The van der Waals surface area contributed by atoms with Gasteiger partial charge in [0.2, 0.25) is 0 Å². The summed E-state index contributed by atoms with van der Waals surface area (Å²) in [7, 11) is 0. The summed E-state index contributed by atoms with van der Waals surface area (Å²) in [6.45, 7) is 0. The van der Waals surface area contributed by atoms with Gasteiger partial charge in [-0.3, -0.25) is 5.10 Å². The Bertz CT molecular complexity index is 591. The number of carboxylic acid groups (broad SMARTS) is 1. The van der Waals surface area contributed by atoms with Gasteiger partial charge in [0.25, 0.3) is 0 Å². The molecule has 0 radical (unpaired) electrons. The first kappa shape index (κ1) is 10.4. The quantitative estimate of drug-likeness (QED) is 0.421. The van der Waals surface area contributed by atoms with Crippen molar-refractivity contribution in [3.8, 4) is 0 Å². The Hall–Kier alpha value is -2.08. The van der Waals surface area contributed by atoms with Crippen LogP contribution in [0.15, 0.2) is 23.4 Å². The molecule has 1 aromatic heterocycles. The summed E-state index contributed by atoms with van der Waals surface area (Å²) in [6.07, 6.45) is 0. The van der Waals surface area contributed by atoms with Gasteiger partial charge in [0.15, 0.2) is 5.17 Å². The van der Waals surface area contributed by atoms with E-state index < -0.39 is 5.97 Å². The number of aromatic nitrogens is 2. The summed E-state index contributed by atoms with van der Waals surface area (Å²) in [4.78, 5) is 10.8. The molecule has 7 heteroatoms. The molecular weight excluding hydrogens is 234 g/mol. The molecule has 0 spiro atoms. The summed E-state index contributed by atoms with van der Waals surface area (Å²) in [6, 6.07) is 4.41. The van der Waals surface area contributed by atoms with Gasteiger partial charge in [-0.05, 0) is 18.2 Å². The second-order valence-electron chi connectivity index (χ2n) is 3.03. The predicted octanol–water partition coefficient (Wildman–Crippen LogP) is 1.64. The highest BCUT2D eigenvalue weighted by molar-refractivity contribution is 6.70. The number of carbonyl (C=O) groups is 1. The van der Waals surface area contributed by atoms with Gasteiger partial charge in [-0.1, -0.05) is 16.8 Å². The smallest absolute Gasteiger partial charge is 0.335 e. The number of fused-ring (bicyclic) bond motifs is 1. The number of oxime groups is 1. The topological polar surface area (TPSA) is 98.6 Å². The van der Waals surface area contributed by atoms with Gasteiger partial charge in [-0.15, -0.1) is 0 Å². The van der Waals surface area contributed by atoms with Gasteiger partial charge < -0.3 is 10.3 Å². The summed E-state index contributed by atoms with van der Waals surface area (Å²) in [5, 5.41) is 26.9. The molecule has 6 nitrogen and oxygen atoms in total. The molecule has 0 unspecified atom stereocenters. The molecule has 0 aliphatic carbocycles. The van der Waals surface area contributed by atoms with Crippen LogP contribution in [0.2, 0.25) is 0 Å². The third-order valence-electron chi connectivity index (χ3n) is 2.09. The molecule has 0 fully saturated rings. The molecule has 3 N–H and O–H groups in total. The number of halogens is 1. The zero-order valence-electron chi connectivity index (χ0n) is 7.81. The Morgan fingerprint density at radius 1 is 1.50 bits per heavy atom. The average molecular weight is 240 g/mol. The van der Waals surface area contributed by atoms with E-state index in [0.717, 1.165) is 0 Å².